The summed E-state index contributed by atoms with van der Waals surface area (Å²) in [5.74, 6) is 1.59. The number of nitrogens with zero attached hydrogens (tertiary/aromatic N) is 1. The largest absolute Gasteiger partial charge is 0.381 e. The van der Waals surface area contributed by atoms with Crippen LogP contribution in [-0.4, -0.2) is 43.7 Å². The second-order valence-corrected chi connectivity index (χ2v) is 11.1. The number of likely N-dealkylation sites (N-methyl/N-ethyl adjacent to an activating group) is 1. The van der Waals surface area contributed by atoms with Gasteiger partial charge in [-0.1, -0.05) is 49.6 Å². The Balaban J connectivity index is 1.14. The molecule has 2 aromatic carbocycles. The van der Waals surface area contributed by atoms with Crippen molar-refractivity contribution in [1.82, 2.24) is 10.2 Å². The van der Waals surface area contributed by atoms with Gasteiger partial charge in [0.05, 0.1) is 0 Å². The van der Waals surface area contributed by atoms with E-state index in [9.17, 15) is 4.79 Å². The predicted molar refractivity (Wildman–Crippen MR) is 142 cm³/mol. The summed E-state index contributed by atoms with van der Waals surface area (Å²) in [5.41, 5.74) is 6.47. The Kier molecular flexibility index (Phi) is 8.20. The predicted octanol–water partition coefficient (Wildman–Crippen LogP) is 5.88. The molecular formula is C31H42N2O2. The van der Waals surface area contributed by atoms with Gasteiger partial charge >= 0.3 is 0 Å². The van der Waals surface area contributed by atoms with Gasteiger partial charge in [0.15, 0.2) is 0 Å². The summed E-state index contributed by atoms with van der Waals surface area (Å²) in [6.45, 7) is 3.84. The fourth-order valence-electron chi connectivity index (χ4n) is 6.30. The third-order valence-corrected chi connectivity index (χ3v) is 8.68. The number of nitrogens with one attached hydrogen (secondary N) is 1. The first kappa shape index (κ1) is 24.5. The van der Waals surface area contributed by atoms with Crippen LogP contribution in [0.5, 0.6) is 0 Å². The lowest BCUT2D eigenvalue weighted by molar-refractivity contribution is 0.0662. The highest BCUT2D eigenvalue weighted by atomic mass is 16.5. The van der Waals surface area contributed by atoms with Gasteiger partial charge in [-0.25, -0.2) is 0 Å². The highest BCUT2D eigenvalue weighted by molar-refractivity contribution is 5.94. The van der Waals surface area contributed by atoms with Gasteiger partial charge in [0, 0.05) is 38.4 Å². The number of hydrogen-bond donors (Lipinski definition) is 1. The van der Waals surface area contributed by atoms with E-state index in [1.807, 2.05) is 11.9 Å². The molecule has 0 aromatic heterocycles. The minimum Gasteiger partial charge on any atom is -0.381 e. The van der Waals surface area contributed by atoms with Crippen LogP contribution in [0.25, 0.3) is 0 Å². The minimum absolute atomic E-state index is 0.155. The molecular weight excluding hydrogens is 432 g/mol. The van der Waals surface area contributed by atoms with Crippen molar-refractivity contribution in [3.8, 4) is 0 Å². The third kappa shape index (κ3) is 6.16. The van der Waals surface area contributed by atoms with E-state index >= 15 is 0 Å². The van der Waals surface area contributed by atoms with Crippen molar-refractivity contribution in [2.75, 3.05) is 26.8 Å². The molecule has 3 aliphatic rings. The van der Waals surface area contributed by atoms with Crippen LogP contribution in [-0.2, 0) is 24.1 Å². The van der Waals surface area contributed by atoms with Crippen LogP contribution in [0.4, 0.5) is 0 Å². The average molecular weight is 475 g/mol. The monoisotopic (exact) mass is 474 g/mol. The average Bonchev–Trinajstić information content (AvgIpc) is 2.93. The first-order valence-corrected chi connectivity index (χ1v) is 13.9. The van der Waals surface area contributed by atoms with Crippen molar-refractivity contribution in [2.24, 2.45) is 5.92 Å². The van der Waals surface area contributed by atoms with Gasteiger partial charge < -0.3 is 15.0 Å². The normalized spacial score (nSPS) is 21.5. The molecule has 1 N–H and O–H groups in total. The standard InChI is InChI=1S/C31H42N2O2/c1-33(31(34)27-11-9-26(10-12-27)25-5-3-2-4-6-25)30-14-13-28-19-24(7-8-29(28)20-30)22-32-21-23-15-17-35-18-16-23/h7-12,19,23,25,30,32H,2-6,13-18,20-22H2,1H3. The molecule has 1 atom stereocenters. The van der Waals surface area contributed by atoms with Crippen molar-refractivity contribution in [3.63, 3.8) is 0 Å². The highest BCUT2D eigenvalue weighted by Crippen LogP contribution is 2.33. The van der Waals surface area contributed by atoms with Crippen LogP contribution in [0.2, 0.25) is 0 Å². The maximum Gasteiger partial charge on any atom is 0.253 e. The fraction of sp³-hybridized carbons (Fsp3) is 0.581. The molecule has 188 valence electrons. The highest BCUT2D eigenvalue weighted by Gasteiger charge is 2.26. The van der Waals surface area contributed by atoms with Crippen LogP contribution < -0.4 is 5.32 Å². The Bertz CT molecular complexity index is 974. The lowest BCUT2D eigenvalue weighted by Crippen LogP contribution is -2.40. The number of carbonyl (C=O) groups excluding carboxylic acids is 1. The summed E-state index contributed by atoms with van der Waals surface area (Å²) < 4.78 is 5.47. The van der Waals surface area contributed by atoms with Crippen molar-refractivity contribution < 1.29 is 9.53 Å². The second kappa shape index (κ2) is 11.7. The number of aryl methyl sites for hydroxylation is 1. The summed E-state index contributed by atoms with van der Waals surface area (Å²) in [6, 6.07) is 15.7. The van der Waals surface area contributed by atoms with Gasteiger partial charge in [-0.2, -0.15) is 0 Å². The number of amides is 1. The number of carbonyl (C=O) groups is 1. The van der Waals surface area contributed by atoms with Gasteiger partial charge in [0.2, 0.25) is 0 Å². The number of rotatable bonds is 7. The van der Waals surface area contributed by atoms with Crippen LogP contribution in [0, 0.1) is 5.92 Å². The van der Waals surface area contributed by atoms with E-state index in [0.29, 0.717) is 5.92 Å². The van der Waals surface area contributed by atoms with Crippen molar-refractivity contribution in [3.05, 3.63) is 70.3 Å². The van der Waals surface area contributed by atoms with Crippen LogP contribution >= 0.6 is 0 Å². The first-order valence-electron chi connectivity index (χ1n) is 13.9. The van der Waals surface area contributed by atoms with Gasteiger partial charge in [0.1, 0.15) is 0 Å². The third-order valence-electron chi connectivity index (χ3n) is 8.68. The molecule has 4 nitrogen and oxygen atoms in total. The molecule has 1 saturated heterocycles. The van der Waals surface area contributed by atoms with Crippen molar-refractivity contribution in [1.29, 1.82) is 0 Å². The molecule has 2 aromatic rings. The van der Waals surface area contributed by atoms with Gasteiger partial charge in [-0.15, -0.1) is 0 Å². The summed E-state index contributed by atoms with van der Waals surface area (Å²) in [7, 11) is 1.99. The number of fused-ring (bicyclic) bond motifs is 1. The Morgan fingerprint density at radius 1 is 0.943 bits per heavy atom. The molecule has 2 aliphatic carbocycles. The molecule has 1 heterocycles. The topological polar surface area (TPSA) is 41.6 Å². The number of hydrogen-bond acceptors (Lipinski definition) is 3. The van der Waals surface area contributed by atoms with E-state index in [1.54, 1.807) is 0 Å². The fourth-order valence-corrected chi connectivity index (χ4v) is 6.30. The Hall–Kier alpha value is -2.17. The smallest absolute Gasteiger partial charge is 0.253 e. The van der Waals surface area contributed by atoms with Crippen LogP contribution in [0.15, 0.2) is 42.5 Å². The van der Waals surface area contributed by atoms with Crippen molar-refractivity contribution >= 4 is 5.91 Å². The minimum atomic E-state index is 0.155. The summed E-state index contributed by atoms with van der Waals surface area (Å²) in [4.78, 5) is 15.2. The molecule has 1 aliphatic heterocycles. The quantitative estimate of drug-likeness (QED) is 0.545. The van der Waals surface area contributed by atoms with Crippen LogP contribution in [0.1, 0.15) is 89.9 Å². The Morgan fingerprint density at radius 3 is 2.49 bits per heavy atom. The van der Waals surface area contributed by atoms with E-state index in [2.05, 4.69) is 47.8 Å². The lowest BCUT2D eigenvalue weighted by Gasteiger charge is -2.33. The molecule has 4 heteroatoms. The zero-order chi connectivity index (χ0) is 24.0. The first-order chi connectivity index (χ1) is 17.2. The second-order valence-electron chi connectivity index (χ2n) is 11.1. The molecule has 5 rings (SSSR count). The summed E-state index contributed by atoms with van der Waals surface area (Å²) in [5, 5.41) is 3.65. The maximum absolute atomic E-state index is 13.3. The number of ether oxygens (including phenoxy) is 1. The van der Waals surface area contributed by atoms with Crippen LogP contribution in [0.3, 0.4) is 0 Å². The molecule has 35 heavy (non-hydrogen) atoms. The molecule has 1 amide bonds. The Morgan fingerprint density at radius 2 is 1.71 bits per heavy atom. The molecule has 1 unspecified atom stereocenters. The lowest BCUT2D eigenvalue weighted by atomic mass is 9.84. The van der Waals surface area contributed by atoms with E-state index in [-0.39, 0.29) is 11.9 Å². The van der Waals surface area contributed by atoms with E-state index < -0.39 is 0 Å². The molecule has 1 saturated carbocycles. The zero-order valence-electron chi connectivity index (χ0n) is 21.4. The van der Waals surface area contributed by atoms with E-state index in [4.69, 9.17) is 4.74 Å². The SMILES string of the molecule is CN(C(=O)c1ccc(C2CCCCC2)cc1)C1CCc2cc(CNCC3CCOCC3)ccc2C1. The Labute approximate surface area is 211 Å². The molecule has 2 fully saturated rings. The zero-order valence-corrected chi connectivity index (χ0v) is 21.4. The number of benzene rings is 2. The van der Waals surface area contributed by atoms with Gasteiger partial charge in [-0.05, 0) is 97.7 Å². The molecule has 0 spiro atoms. The maximum atomic E-state index is 13.3. The molecule has 0 radical (unpaired) electrons. The van der Waals surface area contributed by atoms with E-state index in [1.165, 1.54) is 67.2 Å². The molecule has 0 bridgehead atoms. The van der Waals surface area contributed by atoms with Gasteiger partial charge in [0.25, 0.3) is 5.91 Å². The van der Waals surface area contributed by atoms with Crippen molar-refractivity contribution in [2.45, 2.75) is 82.7 Å². The van der Waals surface area contributed by atoms with E-state index in [0.717, 1.165) is 57.0 Å². The van der Waals surface area contributed by atoms with Gasteiger partial charge in [-0.3, -0.25) is 4.79 Å². The summed E-state index contributed by atoms with van der Waals surface area (Å²) in [6.07, 6.45) is 12.0. The summed E-state index contributed by atoms with van der Waals surface area (Å²) >= 11 is 0.